The van der Waals surface area contributed by atoms with Gasteiger partial charge < -0.3 is 9.47 Å². The molecule has 0 radical (unpaired) electrons. The summed E-state index contributed by atoms with van der Waals surface area (Å²) in [5.41, 5.74) is 1.33. The smallest absolute Gasteiger partial charge is 0.339 e. The van der Waals surface area contributed by atoms with Gasteiger partial charge in [-0.25, -0.2) is 10.1 Å². The average Bonchev–Trinajstić information content (AvgIpc) is 2.53. The monoisotopic (exact) mass is 334 g/mol. The topological polar surface area (TPSA) is 47.9 Å². The van der Waals surface area contributed by atoms with E-state index < -0.39 is 25.4 Å². The van der Waals surface area contributed by atoms with Crippen LogP contribution in [0.4, 0.5) is 13.2 Å². The maximum Gasteiger partial charge on any atom is 0.411 e. The third-order valence-corrected chi connectivity index (χ3v) is 4.22. The largest absolute Gasteiger partial charge is 0.411 e. The van der Waals surface area contributed by atoms with Crippen LogP contribution < -0.4 is 0 Å². The van der Waals surface area contributed by atoms with E-state index in [1.807, 2.05) is 19.9 Å². The van der Waals surface area contributed by atoms with E-state index in [-0.39, 0.29) is 11.8 Å². The van der Waals surface area contributed by atoms with Crippen LogP contribution in [-0.2, 0) is 14.4 Å². The van der Waals surface area contributed by atoms with Crippen molar-refractivity contribution in [3.8, 4) is 0 Å². The fraction of sp³-hybridized carbons (Fsp3) is 0.625. The fourth-order valence-corrected chi connectivity index (χ4v) is 3.12. The minimum absolute atomic E-state index is 0.164. The third-order valence-electron chi connectivity index (χ3n) is 4.22. The highest BCUT2D eigenvalue weighted by molar-refractivity contribution is 5.34. The van der Waals surface area contributed by atoms with E-state index in [1.165, 1.54) is 0 Å². The van der Waals surface area contributed by atoms with Gasteiger partial charge in [-0.1, -0.05) is 51.0 Å². The molecule has 0 bridgehead atoms. The molecule has 130 valence electrons. The van der Waals surface area contributed by atoms with Gasteiger partial charge in [0.1, 0.15) is 6.61 Å². The fourth-order valence-electron chi connectivity index (χ4n) is 3.12. The molecule has 2 rings (SSSR count). The first-order valence-corrected chi connectivity index (χ1v) is 7.64. The number of hydrogen-bond acceptors (Lipinski definition) is 4. The van der Waals surface area contributed by atoms with Gasteiger partial charge in [0.2, 0.25) is 6.29 Å². The average molecular weight is 334 g/mol. The molecule has 1 N–H and O–H groups in total. The van der Waals surface area contributed by atoms with Gasteiger partial charge in [-0.2, -0.15) is 13.2 Å². The Morgan fingerprint density at radius 1 is 1.17 bits per heavy atom. The number of rotatable bonds is 6. The van der Waals surface area contributed by atoms with Gasteiger partial charge in [-0.05, 0) is 11.5 Å². The maximum absolute atomic E-state index is 12.4. The number of fused-ring (bicyclic) bond motifs is 1. The first-order valence-electron chi connectivity index (χ1n) is 7.64. The van der Waals surface area contributed by atoms with Gasteiger partial charge in [-0.15, -0.1) is 0 Å². The van der Waals surface area contributed by atoms with E-state index in [0.29, 0.717) is 5.56 Å². The van der Waals surface area contributed by atoms with Crippen molar-refractivity contribution in [2.75, 3.05) is 6.61 Å². The molecule has 1 aromatic carbocycles. The molecule has 3 atom stereocenters. The summed E-state index contributed by atoms with van der Waals surface area (Å²) in [6.07, 6.45) is -5.09. The van der Waals surface area contributed by atoms with E-state index in [1.54, 1.807) is 18.2 Å². The maximum atomic E-state index is 12.4. The van der Waals surface area contributed by atoms with Gasteiger partial charge in [0.05, 0.1) is 0 Å². The predicted molar refractivity (Wildman–Crippen MR) is 76.6 cm³/mol. The Kier molecular flexibility index (Phi) is 6.02. The Bertz CT molecular complexity index is 502. The predicted octanol–water partition coefficient (Wildman–Crippen LogP) is 4.63. The van der Waals surface area contributed by atoms with E-state index >= 15 is 0 Å². The Morgan fingerprint density at radius 3 is 2.30 bits per heavy atom. The van der Waals surface area contributed by atoms with Gasteiger partial charge in [0.25, 0.3) is 0 Å². The van der Waals surface area contributed by atoms with Crippen molar-refractivity contribution in [1.29, 1.82) is 0 Å². The first kappa shape index (κ1) is 18.2. The molecule has 0 saturated carbocycles. The normalized spacial score (nSPS) is 24.7. The van der Waals surface area contributed by atoms with Crippen LogP contribution in [0.1, 0.15) is 50.0 Å². The van der Waals surface area contributed by atoms with E-state index in [9.17, 15) is 18.4 Å². The lowest BCUT2D eigenvalue weighted by atomic mass is 9.79. The van der Waals surface area contributed by atoms with Crippen LogP contribution in [0.5, 0.6) is 0 Å². The molecule has 0 aromatic heterocycles. The Morgan fingerprint density at radius 2 is 1.78 bits per heavy atom. The SMILES string of the molecule is CCC(CC)C1c2ccccc2C(OCC(F)(F)F)OC1OO. The number of hydrogen-bond donors (Lipinski definition) is 1. The second kappa shape index (κ2) is 7.61. The van der Waals surface area contributed by atoms with Crippen molar-refractivity contribution in [2.24, 2.45) is 5.92 Å². The Labute approximate surface area is 133 Å². The zero-order valence-electron chi connectivity index (χ0n) is 13.0. The van der Waals surface area contributed by atoms with Crippen LogP contribution in [0.15, 0.2) is 24.3 Å². The van der Waals surface area contributed by atoms with Crippen LogP contribution in [0.25, 0.3) is 0 Å². The minimum Gasteiger partial charge on any atom is -0.339 e. The second-order valence-corrected chi connectivity index (χ2v) is 5.60. The van der Waals surface area contributed by atoms with Crippen molar-refractivity contribution in [2.45, 2.75) is 51.4 Å². The van der Waals surface area contributed by atoms with Crippen LogP contribution >= 0.6 is 0 Å². The highest BCUT2D eigenvalue weighted by Crippen LogP contribution is 2.44. The van der Waals surface area contributed by atoms with Gasteiger partial charge in [0.15, 0.2) is 6.29 Å². The molecule has 7 heteroatoms. The molecule has 0 spiro atoms. The van der Waals surface area contributed by atoms with E-state index in [0.717, 1.165) is 18.4 Å². The van der Waals surface area contributed by atoms with Gasteiger partial charge in [0, 0.05) is 11.5 Å². The lowest BCUT2D eigenvalue weighted by Gasteiger charge is -2.39. The zero-order chi connectivity index (χ0) is 17.0. The van der Waals surface area contributed by atoms with Crippen molar-refractivity contribution in [1.82, 2.24) is 0 Å². The molecule has 0 amide bonds. The molecule has 1 aliphatic rings. The number of ether oxygens (including phenoxy) is 2. The molecule has 23 heavy (non-hydrogen) atoms. The quantitative estimate of drug-likeness (QED) is 0.609. The van der Waals surface area contributed by atoms with Crippen LogP contribution in [0, 0.1) is 5.92 Å². The van der Waals surface area contributed by atoms with Crippen molar-refractivity contribution < 1.29 is 32.8 Å². The minimum atomic E-state index is -4.46. The summed E-state index contributed by atoms with van der Waals surface area (Å²) in [6, 6.07) is 7.02. The Balaban J connectivity index is 2.33. The Hall–Kier alpha value is -1.15. The first-order chi connectivity index (χ1) is 10.9. The molecule has 1 heterocycles. The summed E-state index contributed by atoms with van der Waals surface area (Å²) in [5.74, 6) is -0.103. The summed E-state index contributed by atoms with van der Waals surface area (Å²) in [4.78, 5) is 4.42. The second-order valence-electron chi connectivity index (χ2n) is 5.60. The van der Waals surface area contributed by atoms with Crippen LogP contribution in [-0.4, -0.2) is 24.3 Å². The van der Waals surface area contributed by atoms with Gasteiger partial charge in [-0.3, -0.25) is 0 Å². The van der Waals surface area contributed by atoms with Gasteiger partial charge >= 0.3 is 6.18 Å². The van der Waals surface area contributed by atoms with Crippen LogP contribution in [0.3, 0.4) is 0 Å². The van der Waals surface area contributed by atoms with E-state index in [4.69, 9.17) is 9.47 Å². The molecule has 0 aliphatic carbocycles. The summed E-state index contributed by atoms with van der Waals surface area (Å²) >= 11 is 0. The lowest BCUT2D eigenvalue weighted by Crippen LogP contribution is -2.38. The molecule has 4 nitrogen and oxygen atoms in total. The number of benzene rings is 1. The lowest BCUT2D eigenvalue weighted by molar-refractivity contribution is -0.393. The highest BCUT2D eigenvalue weighted by Gasteiger charge is 2.41. The number of halogens is 3. The van der Waals surface area contributed by atoms with Crippen molar-refractivity contribution >= 4 is 0 Å². The van der Waals surface area contributed by atoms with Crippen molar-refractivity contribution in [3.63, 3.8) is 0 Å². The highest BCUT2D eigenvalue weighted by atomic mass is 19.4. The summed E-state index contributed by atoms with van der Waals surface area (Å²) in [6.45, 7) is 2.59. The molecular weight excluding hydrogens is 313 g/mol. The molecule has 0 fully saturated rings. The summed E-state index contributed by atoms with van der Waals surface area (Å²) in [7, 11) is 0. The molecule has 3 unspecified atom stereocenters. The molecule has 1 aliphatic heterocycles. The summed E-state index contributed by atoms with van der Waals surface area (Å²) < 4.78 is 47.6. The van der Waals surface area contributed by atoms with Crippen molar-refractivity contribution in [3.05, 3.63) is 35.4 Å². The third kappa shape index (κ3) is 4.23. The molecule has 1 aromatic rings. The zero-order valence-corrected chi connectivity index (χ0v) is 13.0. The summed E-state index contributed by atoms with van der Waals surface area (Å²) in [5, 5.41) is 9.17. The molecule has 0 saturated heterocycles. The van der Waals surface area contributed by atoms with Crippen LogP contribution in [0.2, 0.25) is 0 Å². The van der Waals surface area contributed by atoms with E-state index in [2.05, 4.69) is 4.89 Å². The number of alkyl halides is 3. The standard InChI is InChI=1S/C16H21F3O4/c1-3-10(4-2)13-11-7-5-6-8-12(11)14(22-15(13)23-20)21-9-16(17,18)19/h5-8,10,13-15,20H,3-4,9H2,1-2H3. The molecular formula is C16H21F3O4.